The normalized spacial score (nSPS) is 10.2. The lowest BCUT2D eigenvalue weighted by molar-refractivity contribution is 0.315. The number of aromatic nitrogens is 1. The zero-order valence-electron chi connectivity index (χ0n) is 11.0. The SMILES string of the molecule is NC(=S)Cn1cccc(OCCc2ccccc2)c1=O. The number of thiocarbonyl (C=S) groups is 1. The van der Waals surface area contributed by atoms with Crippen molar-refractivity contribution in [2.24, 2.45) is 5.73 Å². The summed E-state index contributed by atoms with van der Waals surface area (Å²) in [6.45, 7) is 0.681. The van der Waals surface area contributed by atoms with Gasteiger partial charge in [-0.15, -0.1) is 0 Å². The van der Waals surface area contributed by atoms with Crippen molar-refractivity contribution >= 4 is 17.2 Å². The molecule has 20 heavy (non-hydrogen) atoms. The first kappa shape index (κ1) is 14.3. The molecule has 0 amide bonds. The third-order valence-electron chi connectivity index (χ3n) is 2.80. The van der Waals surface area contributed by atoms with Gasteiger partial charge in [0.1, 0.15) is 0 Å². The predicted octanol–water partition coefficient (Wildman–Crippen LogP) is 1.76. The average molecular weight is 288 g/mol. The lowest BCUT2D eigenvalue weighted by Gasteiger charge is -2.09. The standard InChI is InChI=1S/C15H16N2O2S/c16-14(20)11-17-9-4-7-13(15(17)18)19-10-8-12-5-2-1-3-6-12/h1-7,9H,8,10-11H2,(H2,16,20). The van der Waals surface area contributed by atoms with Gasteiger partial charge in [-0.2, -0.15) is 0 Å². The quantitative estimate of drug-likeness (QED) is 0.823. The molecule has 5 heteroatoms. The Balaban J connectivity index is 1.99. The maximum Gasteiger partial charge on any atom is 0.293 e. The molecule has 0 radical (unpaired) electrons. The smallest absolute Gasteiger partial charge is 0.293 e. The highest BCUT2D eigenvalue weighted by molar-refractivity contribution is 7.80. The second kappa shape index (κ2) is 6.86. The molecule has 2 rings (SSSR count). The molecule has 4 nitrogen and oxygen atoms in total. The van der Waals surface area contributed by atoms with Crippen LogP contribution in [0.4, 0.5) is 0 Å². The first-order valence-electron chi connectivity index (χ1n) is 6.31. The number of hydrogen-bond donors (Lipinski definition) is 1. The van der Waals surface area contributed by atoms with Crippen LogP contribution >= 0.6 is 12.2 Å². The zero-order valence-corrected chi connectivity index (χ0v) is 11.8. The summed E-state index contributed by atoms with van der Waals surface area (Å²) < 4.78 is 6.99. The van der Waals surface area contributed by atoms with E-state index in [-0.39, 0.29) is 17.1 Å². The molecule has 0 fully saturated rings. The van der Waals surface area contributed by atoms with Gasteiger partial charge in [0.15, 0.2) is 5.75 Å². The van der Waals surface area contributed by atoms with Crippen LogP contribution in [0.15, 0.2) is 53.5 Å². The summed E-state index contributed by atoms with van der Waals surface area (Å²) in [4.78, 5) is 12.3. The van der Waals surface area contributed by atoms with Crippen molar-refractivity contribution in [1.29, 1.82) is 0 Å². The third-order valence-corrected chi connectivity index (χ3v) is 2.93. The van der Waals surface area contributed by atoms with Crippen LogP contribution < -0.4 is 16.0 Å². The van der Waals surface area contributed by atoms with Crippen LogP contribution in [-0.4, -0.2) is 16.2 Å². The number of rotatable bonds is 6. The first-order valence-corrected chi connectivity index (χ1v) is 6.72. The number of ether oxygens (including phenoxy) is 1. The highest BCUT2D eigenvalue weighted by Crippen LogP contribution is 2.05. The van der Waals surface area contributed by atoms with Gasteiger partial charge < -0.3 is 15.0 Å². The summed E-state index contributed by atoms with van der Waals surface area (Å²) in [6, 6.07) is 13.4. The van der Waals surface area contributed by atoms with Gasteiger partial charge in [0, 0.05) is 12.6 Å². The van der Waals surface area contributed by atoms with Gasteiger partial charge >= 0.3 is 0 Å². The summed E-state index contributed by atoms with van der Waals surface area (Å²) in [6.07, 6.45) is 2.40. The molecule has 1 aromatic heterocycles. The zero-order chi connectivity index (χ0) is 14.4. The molecule has 0 saturated heterocycles. The summed E-state index contributed by atoms with van der Waals surface area (Å²) in [5.74, 6) is 0.319. The van der Waals surface area contributed by atoms with E-state index >= 15 is 0 Å². The van der Waals surface area contributed by atoms with Crippen molar-refractivity contribution in [1.82, 2.24) is 4.57 Å². The Bertz CT molecular complexity index is 638. The van der Waals surface area contributed by atoms with E-state index in [4.69, 9.17) is 22.7 Å². The topological polar surface area (TPSA) is 57.2 Å². The van der Waals surface area contributed by atoms with Gasteiger partial charge in [-0.1, -0.05) is 42.5 Å². The van der Waals surface area contributed by atoms with Crippen LogP contribution in [-0.2, 0) is 13.0 Å². The highest BCUT2D eigenvalue weighted by atomic mass is 32.1. The second-order valence-corrected chi connectivity index (χ2v) is 4.88. The second-order valence-electron chi connectivity index (χ2n) is 4.36. The summed E-state index contributed by atoms with van der Waals surface area (Å²) >= 11 is 4.81. The summed E-state index contributed by atoms with van der Waals surface area (Å²) in [5, 5.41) is 0. The fourth-order valence-electron chi connectivity index (χ4n) is 1.84. The fourth-order valence-corrected chi connectivity index (χ4v) is 1.98. The van der Waals surface area contributed by atoms with Crippen molar-refractivity contribution in [3.8, 4) is 5.75 Å². The van der Waals surface area contributed by atoms with Crippen LogP contribution in [0.5, 0.6) is 5.75 Å². The van der Waals surface area contributed by atoms with E-state index in [1.54, 1.807) is 18.3 Å². The van der Waals surface area contributed by atoms with Crippen LogP contribution in [0.3, 0.4) is 0 Å². The van der Waals surface area contributed by atoms with Crippen molar-refractivity contribution in [3.05, 3.63) is 64.6 Å². The van der Waals surface area contributed by atoms with Crippen LogP contribution in [0, 0.1) is 0 Å². The monoisotopic (exact) mass is 288 g/mol. The molecular formula is C15H16N2O2S. The maximum atomic E-state index is 12.1. The maximum absolute atomic E-state index is 12.1. The van der Waals surface area contributed by atoms with E-state index in [9.17, 15) is 4.79 Å². The minimum absolute atomic E-state index is 0.214. The number of pyridine rings is 1. The van der Waals surface area contributed by atoms with E-state index in [2.05, 4.69) is 0 Å². The van der Waals surface area contributed by atoms with E-state index in [1.807, 2.05) is 30.3 Å². The van der Waals surface area contributed by atoms with Gasteiger partial charge in [0.25, 0.3) is 5.56 Å². The van der Waals surface area contributed by atoms with Gasteiger partial charge in [0.2, 0.25) is 0 Å². The summed E-state index contributed by atoms with van der Waals surface area (Å²) in [7, 11) is 0. The van der Waals surface area contributed by atoms with Gasteiger partial charge in [0.05, 0.1) is 18.1 Å². The van der Waals surface area contributed by atoms with Crippen molar-refractivity contribution < 1.29 is 4.74 Å². The number of nitrogens with two attached hydrogens (primary N) is 1. The fraction of sp³-hybridized carbons (Fsp3) is 0.200. The van der Waals surface area contributed by atoms with Crippen LogP contribution in [0.25, 0.3) is 0 Å². The molecule has 104 valence electrons. The first-order chi connectivity index (χ1) is 9.66. The Hall–Kier alpha value is -2.14. The third kappa shape index (κ3) is 3.93. The molecule has 0 spiro atoms. The Labute approximate surface area is 122 Å². The molecule has 0 aliphatic heterocycles. The van der Waals surface area contributed by atoms with Crippen LogP contribution in [0.2, 0.25) is 0 Å². The molecule has 1 aromatic carbocycles. The van der Waals surface area contributed by atoms with Crippen molar-refractivity contribution in [2.75, 3.05) is 6.61 Å². The van der Waals surface area contributed by atoms with E-state index in [0.717, 1.165) is 6.42 Å². The lowest BCUT2D eigenvalue weighted by Crippen LogP contribution is -2.27. The van der Waals surface area contributed by atoms with Gasteiger partial charge in [-0.05, 0) is 17.7 Å². The number of hydrogen-bond acceptors (Lipinski definition) is 3. The largest absolute Gasteiger partial charge is 0.488 e. The lowest BCUT2D eigenvalue weighted by atomic mass is 10.2. The Morgan fingerprint density at radius 3 is 2.65 bits per heavy atom. The Kier molecular flexibility index (Phi) is 4.90. The van der Waals surface area contributed by atoms with Gasteiger partial charge in [-0.25, -0.2) is 0 Å². The number of nitrogens with zero attached hydrogens (tertiary/aromatic N) is 1. The minimum atomic E-state index is -0.214. The van der Waals surface area contributed by atoms with Crippen LogP contribution in [0.1, 0.15) is 5.56 Å². The summed E-state index contributed by atoms with van der Waals surface area (Å²) in [5.41, 5.74) is 6.41. The molecule has 0 saturated carbocycles. The predicted molar refractivity (Wildman–Crippen MR) is 83.1 cm³/mol. The molecule has 0 aliphatic rings. The molecule has 1 heterocycles. The molecule has 2 N–H and O–H groups in total. The molecule has 0 bridgehead atoms. The van der Waals surface area contributed by atoms with E-state index in [0.29, 0.717) is 12.4 Å². The molecular weight excluding hydrogens is 272 g/mol. The van der Waals surface area contributed by atoms with Crippen molar-refractivity contribution in [2.45, 2.75) is 13.0 Å². The van der Waals surface area contributed by atoms with Gasteiger partial charge in [-0.3, -0.25) is 4.79 Å². The molecule has 0 aliphatic carbocycles. The molecule has 0 unspecified atom stereocenters. The molecule has 0 atom stereocenters. The molecule has 2 aromatic rings. The average Bonchev–Trinajstić information content (AvgIpc) is 2.43. The Morgan fingerprint density at radius 2 is 1.95 bits per heavy atom. The minimum Gasteiger partial charge on any atom is -0.488 e. The number of benzene rings is 1. The van der Waals surface area contributed by atoms with Crippen molar-refractivity contribution in [3.63, 3.8) is 0 Å². The van der Waals surface area contributed by atoms with E-state index < -0.39 is 0 Å². The highest BCUT2D eigenvalue weighted by Gasteiger charge is 2.05. The Morgan fingerprint density at radius 1 is 1.20 bits per heavy atom. The van der Waals surface area contributed by atoms with E-state index in [1.165, 1.54) is 10.1 Å².